The summed E-state index contributed by atoms with van der Waals surface area (Å²) in [4.78, 5) is 79.4. The number of alkyl halides is 2. The van der Waals surface area contributed by atoms with E-state index in [1.54, 1.807) is 9.80 Å². The predicted molar refractivity (Wildman–Crippen MR) is 162 cm³/mol. The molecule has 3 aliphatic rings. The third-order valence-electron chi connectivity index (χ3n) is 9.27. The molecule has 0 aliphatic carbocycles. The van der Waals surface area contributed by atoms with E-state index in [2.05, 4.69) is 10.3 Å². The van der Waals surface area contributed by atoms with Gasteiger partial charge < -0.3 is 34.8 Å². The summed E-state index contributed by atoms with van der Waals surface area (Å²) in [5, 5.41) is 2.77. The quantitative estimate of drug-likeness (QED) is 0.296. The van der Waals surface area contributed by atoms with E-state index in [-0.39, 0.29) is 46.9 Å². The Morgan fingerprint density at radius 1 is 0.978 bits per heavy atom. The number of fused-ring (bicyclic) bond motifs is 2. The Bertz CT molecular complexity index is 1740. The van der Waals surface area contributed by atoms with Gasteiger partial charge in [0.15, 0.2) is 0 Å². The molecule has 3 aliphatic heterocycles. The number of halogens is 2. The predicted octanol–water partition coefficient (Wildman–Crippen LogP) is 2.73. The Labute approximate surface area is 262 Å². The van der Waals surface area contributed by atoms with Gasteiger partial charge in [0.25, 0.3) is 5.91 Å². The smallest absolute Gasteiger partial charge is 0.351 e. The van der Waals surface area contributed by atoms with Crippen LogP contribution >= 0.6 is 7.60 Å². The van der Waals surface area contributed by atoms with Crippen LogP contribution in [0.3, 0.4) is 0 Å². The van der Waals surface area contributed by atoms with E-state index >= 15 is 0 Å². The van der Waals surface area contributed by atoms with Crippen LogP contribution in [0.25, 0.3) is 10.9 Å². The van der Waals surface area contributed by atoms with Gasteiger partial charge in [0.1, 0.15) is 17.8 Å². The average Bonchev–Trinajstić information content (AvgIpc) is 3.60. The number of nitrogens with zero attached hydrogens (tertiary/aromatic N) is 3. The van der Waals surface area contributed by atoms with E-state index < -0.39 is 42.7 Å². The van der Waals surface area contributed by atoms with E-state index in [1.165, 1.54) is 24.0 Å². The van der Waals surface area contributed by atoms with Crippen molar-refractivity contribution in [3.63, 3.8) is 0 Å². The number of nitrogens with one attached hydrogen (secondary N) is 2. The monoisotopic (exact) mass is 657 g/mol. The minimum Gasteiger partial charge on any atom is -0.351 e. The molecule has 244 valence electrons. The number of aromatic nitrogens is 1. The van der Waals surface area contributed by atoms with Crippen LogP contribution in [0.1, 0.15) is 53.7 Å². The van der Waals surface area contributed by atoms with Crippen molar-refractivity contribution in [2.45, 2.75) is 55.9 Å². The van der Waals surface area contributed by atoms with Gasteiger partial charge in [0.05, 0.1) is 0 Å². The lowest BCUT2D eigenvalue weighted by Gasteiger charge is -2.44. The average molecular weight is 658 g/mol. The zero-order valence-corrected chi connectivity index (χ0v) is 25.8. The maximum atomic E-state index is 14.3. The summed E-state index contributed by atoms with van der Waals surface area (Å²) in [6.45, 7) is 2.68. The molecule has 3 atom stereocenters. The third kappa shape index (κ3) is 5.80. The molecule has 0 saturated carbocycles. The van der Waals surface area contributed by atoms with Crippen LogP contribution in [0.4, 0.5) is 8.78 Å². The molecule has 4 amide bonds. The molecule has 4 N–H and O–H groups in total. The second-order valence-electron chi connectivity index (χ2n) is 12.2. The molecule has 0 bridgehead atoms. The van der Waals surface area contributed by atoms with Gasteiger partial charge in [-0.2, -0.15) is 8.78 Å². The Balaban J connectivity index is 1.21. The lowest BCUT2D eigenvalue weighted by Crippen LogP contribution is -2.62. The van der Waals surface area contributed by atoms with Crippen LogP contribution in [0, 0.1) is 0 Å². The molecule has 0 unspecified atom stereocenters. The summed E-state index contributed by atoms with van der Waals surface area (Å²) in [5.41, 5.74) is -4.04. The number of carbonyl (C=O) groups is 4. The highest BCUT2D eigenvalue weighted by atomic mass is 31.2. The fraction of sp³-hybridized carbons (Fsp3) is 0.419. The van der Waals surface area contributed by atoms with Crippen molar-refractivity contribution in [3.05, 3.63) is 71.4 Å². The van der Waals surface area contributed by atoms with E-state index in [4.69, 9.17) is 9.79 Å². The fourth-order valence-corrected chi connectivity index (χ4v) is 7.14. The number of hydrogen-bond donors (Lipinski definition) is 4. The largest absolute Gasteiger partial charge is 0.399 e. The lowest BCUT2D eigenvalue weighted by molar-refractivity contribution is -0.151. The third-order valence-corrected chi connectivity index (χ3v) is 10.3. The van der Waals surface area contributed by atoms with Crippen LogP contribution < -0.4 is 5.32 Å². The van der Waals surface area contributed by atoms with Crippen molar-refractivity contribution in [1.29, 1.82) is 0 Å². The van der Waals surface area contributed by atoms with Crippen LogP contribution in [0.15, 0.2) is 54.6 Å². The van der Waals surface area contributed by atoms with Gasteiger partial charge in [-0.1, -0.05) is 36.4 Å². The molecule has 3 aromatic rings. The first-order valence-electron chi connectivity index (χ1n) is 15.0. The van der Waals surface area contributed by atoms with Gasteiger partial charge in [0, 0.05) is 61.5 Å². The molecule has 0 radical (unpaired) electrons. The number of benzene rings is 2. The number of aromatic amines is 1. The minimum atomic E-state index is -5.80. The summed E-state index contributed by atoms with van der Waals surface area (Å²) in [7, 11) is -5.80. The first kappa shape index (κ1) is 31.8. The maximum Gasteiger partial charge on any atom is 0.399 e. The summed E-state index contributed by atoms with van der Waals surface area (Å²) in [6, 6.07) is 11.9. The van der Waals surface area contributed by atoms with Crippen LogP contribution in [0.2, 0.25) is 0 Å². The van der Waals surface area contributed by atoms with Crippen molar-refractivity contribution in [1.82, 2.24) is 25.0 Å². The van der Waals surface area contributed by atoms with Crippen molar-refractivity contribution in [2.24, 2.45) is 0 Å². The summed E-state index contributed by atoms with van der Waals surface area (Å²) in [6.07, 6.45) is 1.53. The SMILES string of the molecule is CC(=O)N1CC[C@H]2CC[C@@H](C(=O)N3CC(c4ccccc4)C3)N2C(=O)[C@@H](NC(=O)c2cc3cc(C(F)(F)P(=O)(O)O)ccc3[nH]2)C1. The zero-order valence-electron chi connectivity index (χ0n) is 24.9. The van der Waals surface area contributed by atoms with Crippen molar-refractivity contribution >= 4 is 42.1 Å². The Morgan fingerprint density at radius 3 is 2.37 bits per heavy atom. The number of H-pyrrole nitrogens is 1. The molecule has 3 fully saturated rings. The molecule has 0 spiro atoms. The van der Waals surface area contributed by atoms with Crippen molar-refractivity contribution in [2.75, 3.05) is 26.2 Å². The standard InChI is InChI=1S/C31H34F2N5O7P/c1-18(39)36-12-11-23-8-10-27(30(42)37-15-21(16-37)19-5-3-2-4-6-19)38(23)29(41)26(17-36)35-28(40)25-14-20-13-22(7-9-24(20)34-25)31(32,33)46(43,44)45/h2-7,9,13-14,21,23,26-27,34H,8,10-12,15-17H2,1H3,(H,35,40)(H2,43,44,45)/t23-,26+,27+/m1/s1. The Hall–Kier alpha value is -4.13. The minimum absolute atomic E-state index is 0.0889. The van der Waals surface area contributed by atoms with Crippen LogP contribution in [-0.4, -0.2) is 97.4 Å². The molecule has 2 aromatic carbocycles. The Morgan fingerprint density at radius 2 is 1.70 bits per heavy atom. The molecule has 6 rings (SSSR count). The molecular formula is C31H34F2N5O7P. The molecule has 1 aromatic heterocycles. The molecule has 3 saturated heterocycles. The van der Waals surface area contributed by atoms with Gasteiger partial charge >= 0.3 is 13.3 Å². The lowest BCUT2D eigenvalue weighted by atomic mass is 9.91. The molecule has 15 heteroatoms. The van der Waals surface area contributed by atoms with Gasteiger partial charge in [-0.15, -0.1) is 0 Å². The summed E-state index contributed by atoms with van der Waals surface area (Å²) < 4.78 is 39.9. The van der Waals surface area contributed by atoms with E-state index in [0.717, 1.165) is 17.7 Å². The second kappa shape index (κ2) is 11.9. The van der Waals surface area contributed by atoms with E-state index in [9.17, 15) is 32.5 Å². The van der Waals surface area contributed by atoms with Gasteiger partial charge in [-0.05, 0) is 43.0 Å². The summed E-state index contributed by atoms with van der Waals surface area (Å²) in [5.74, 6) is -1.44. The maximum absolute atomic E-state index is 14.3. The van der Waals surface area contributed by atoms with E-state index in [1.807, 2.05) is 30.3 Å². The summed E-state index contributed by atoms with van der Waals surface area (Å²) >= 11 is 0. The second-order valence-corrected chi connectivity index (χ2v) is 13.8. The number of carbonyl (C=O) groups excluding carboxylic acids is 4. The molecule has 46 heavy (non-hydrogen) atoms. The highest BCUT2D eigenvalue weighted by Gasteiger charge is 2.51. The number of amides is 4. The van der Waals surface area contributed by atoms with Crippen LogP contribution in [0.5, 0.6) is 0 Å². The molecular weight excluding hydrogens is 623 g/mol. The molecule has 4 heterocycles. The highest BCUT2D eigenvalue weighted by molar-refractivity contribution is 7.52. The number of hydrogen-bond acceptors (Lipinski definition) is 5. The van der Waals surface area contributed by atoms with Crippen LogP contribution in [-0.2, 0) is 24.6 Å². The highest BCUT2D eigenvalue weighted by Crippen LogP contribution is 2.59. The van der Waals surface area contributed by atoms with E-state index in [0.29, 0.717) is 38.9 Å². The fourth-order valence-electron chi connectivity index (χ4n) is 6.66. The van der Waals surface area contributed by atoms with Crippen molar-refractivity contribution < 1.29 is 42.3 Å². The number of rotatable bonds is 6. The molecule has 12 nitrogen and oxygen atoms in total. The Kier molecular flexibility index (Phi) is 8.24. The van der Waals surface area contributed by atoms with Gasteiger partial charge in [0.2, 0.25) is 17.7 Å². The van der Waals surface area contributed by atoms with Gasteiger partial charge in [-0.25, -0.2) is 0 Å². The van der Waals surface area contributed by atoms with Crippen molar-refractivity contribution in [3.8, 4) is 0 Å². The number of likely N-dealkylation sites (tertiary alicyclic amines) is 1. The first-order chi connectivity index (χ1) is 21.7. The normalized spacial score (nSPS) is 22.7. The first-order valence-corrected chi connectivity index (χ1v) is 16.6. The zero-order chi connectivity index (χ0) is 33.0. The van der Waals surface area contributed by atoms with Gasteiger partial charge in [-0.3, -0.25) is 23.7 Å². The topological polar surface area (TPSA) is 163 Å².